The first-order valence-electron chi connectivity index (χ1n) is 8.87. The van der Waals surface area contributed by atoms with Gasteiger partial charge in [0, 0.05) is 50.7 Å². The number of aryl methyl sites for hydroxylation is 1. The van der Waals surface area contributed by atoms with Crippen LogP contribution in [0, 0.1) is 6.92 Å². The molecule has 9 nitrogen and oxygen atoms in total. The van der Waals surface area contributed by atoms with Crippen LogP contribution in [-0.2, 0) is 0 Å². The predicted octanol–water partition coefficient (Wildman–Crippen LogP) is 1.10. The number of piperazine rings is 1. The molecule has 3 rings (SSSR count). The number of nitrogens with one attached hydrogen (secondary N) is 3. The molecule has 0 saturated carbocycles. The van der Waals surface area contributed by atoms with E-state index in [0.717, 1.165) is 48.9 Å². The van der Waals surface area contributed by atoms with Crippen molar-refractivity contribution in [3.05, 3.63) is 35.5 Å². The monoisotopic (exact) mass is 370 g/mol. The Kier molecular flexibility index (Phi) is 5.92. The van der Waals surface area contributed by atoms with Gasteiger partial charge in [0.2, 0.25) is 5.95 Å². The van der Waals surface area contributed by atoms with Gasteiger partial charge in [0.15, 0.2) is 5.84 Å². The standard InChI is InChI=1S/C18H26N8O/c1-12-10-16(20-2)24-18(22-12)23-13-4-5-15(27-3)14(11-13)17(25-19)26-8-6-21-7-9-26/h4-5,10-11,21H,6-9,19H2,1-3H3,(H2,20,22,23,24)/b25-17-. The SMILES string of the molecule is CNc1cc(C)nc(Nc2ccc(OC)c(/C(=N/N)N3CCNCC3)c2)n1. The van der Waals surface area contributed by atoms with Crippen molar-refractivity contribution in [3.8, 4) is 5.75 Å². The highest BCUT2D eigenvalue weighted by Crippen LogP contribution is 2.26. The number of rotatable bonds is 5. The van der Waals surface area contributed by atoms with Crippen molar-refractivity contribution < 1.29 is 4.74 Å². The number of ether oxygens (including phenoxy) is 1. The zero-order valence-electron chi connectivity index (χ0n) is 15.9. The third kappa shape index (κ3) is 4.37. The minimum atomic E-state index is 0.517. The number of amidine groups is 1. The molecule has 1 saturated heterocycles. The Morgan fingerprint density at radius 2 is 2.04 bits per heavy atom. The van der Waals surface area contributed by atoms with E-state index in [1.807, 2.05) is 38.2 Å². The number of nitrogens with zero attached hydrogens (tertiary/aromatic N) is 4. The molecule has 0 unspecified atom stereocenters. The molecule has 1 aliphatic heterocycles. The van der Waals surface area contributed by atoms with E-state index in [2.05, 4.69) is 35.9 Å². The molecule has 1 fully saturated rings. The maximum Gasteiger partial charge on any atom is 0.229 e. The summed E-state index contributed by atoms with van der Waals surface area (Å²) in [5.41, 5.74) is 2.53. The first-order valence-corrected chi connectivity index (χ1v) is 8.87. The van der Waals surface area contributed by atoms with Crippen LogP contribution in [0.5, 0.6) is 5.75 Å². The second kappa shape index (κ2) is 8.54. The van der Waals surface area contributed by atoms with Crippen LogP contribution >= 0.6 is 0 Å². The highest BCUT2D eigenvalue weighted by molar-refractivity contribution is 6.02. The lowest BCUT2D eigenvalue weighted by Gasteiger charge is -2.30. The molecule has 1 aromatic heterocycles. The number of hydrogen-bond donors (Lipinski definition) is 4. The maximum atomic E-state index is 5.74. The number of aromatic nitrogens is 2. The molecule has 0 spiro atoms. The number of benzene rings is 1. The second-order valence-corrected chi connectivity index (χ2v) is 6.20. The largest absolute Gasteiger partial charge is 0.496 e. The maximum absolute atomic E-state index is 5.74. The smallest absolute Gasteiger partial charge is 0.229 e. The van der Waals surface area contributed by atoms with Crippen LogP contribution in [0.25, 0.3) is 0 Å². The fourth-order valence-corrected chi connectivity index (χ4v) is 3.04. The van der Waals surface area contributed by atoms with Gasteiger partial charge in [0.1, 0.15) is 11.6 Å². The summed E-state index contributed by atoms with van der Waals surface area (Å²) in [4.78, 5) is 11.0. The summed E-state index contributed by atoms with van der Waals surface area (Å²) in [6.45, 7) is 5.38. The molecule has 0 aliphatic carbocycles. The van der Waals surface area contributed by atoms with Crippen molar-refractivity contribution in [1.82, 2.24) is 20.2 Å². The summed E-state index contributed by atoms with van der Waals surface area (Å²) in [5, 5.41) is 13.7. The van der Waals surface area contributed by atoms with Crippen LogP contribution in [-0.4, -0.2) is 61.0 Å². The minimum Gasteiger partial charge on any atom is -0.496 e. The van der Waals surface area contributed by atoms with Crippen LogP contribution in [0.1, 0.15) is 11.3 Å². The Morgan fingerprint density at radius 3 is 2.70 bits per heavy atom. The van der Waals surface area contributed by atoms with Crippen LogP contribution < -0.4 is 26.5 Å². The van der Waals surface area contributed by atoms with E-state index >= 15 is 0 Å². The molecule has 5 N–H and O–H groups in total. The van der Waals surface area contributed by atoms with Gasteiger partial charge in [0.25, 0.3) is 0 Å². The Bertz CT molecular complexity index is 817. The van der Waals surface area contributed by atoms with Crippen molar-refractivity contribution in [1.29, 1.82) is 0 Å². The third-order valence-corrected chi connectivity index (χ3v) is 4.35. The molecule has 27 heavy (non-hydrogen) atoms. The van der Waals surface area contributed by atoms with Gasteiger partial charge in [0.05, 0.1) is 12.7 Å². The van der Waals surface area contributed by atoms with Crippen molar-refractivity contribution in [2.24, 2.45) is 10.9 Å². The van der Waals surface area contributed by atoms with Gasteiger partial charge in [-0.3, -0.25) is 0 Å². The highest BCUT2D eigenvalue weighted by Gasteiger charge is 2.20. The Labute approximate surface area is 159 Å². The van der Waals surface area contributed by atoms with E-state index in [1.165, 1.54) is 0 Å². The Balaban J connectivity index is 1.92. The van der Waals surface area contributed by atoms with E-state index in [0.29, 0.717) is 17.5 Å². The van der Waals surface area contributed by atoms with Crippen molar-refractivity contribution in [2.45, 2.75) is 6.92 Å². The number of hydrazone groups is 1. The molecule has 0 atom stereocenters. The molecule has 0 radical (unpaired) electrons. The van der Waals surface area contributed by atoms with Gasteiger partial charge in [-0.2, -0.15) is 10.1 Å². The topological polar surface area (TPSA) is 113 Å². The summed E-state index contributed by atoms with van der Waals surface area (Å²) in [5.74, 6) is 8.43. The highest BCUT2D eigenvalue weighted by atomic mass is 16.5. The van der Waals surface area contributed by atoms with Crippen molar-refractivity contribution >= 4 is 23.3 Å². The summed E-state index contributed by atoms with van der Waals surface area (Å²) >= 11 is 0. The average Bonchev–Trinajstić information content (AvgIpc) is 2.69. The van der Waals surface area contributed by atoms with Gasteiger partial charge in [-0.05, 0) is 25.1 Å². The van der Waals surface area contributed by atoms with E-state index < -0.39 is 0 Å². The number of anilines is 3. The van der Waals surface area contributed by atoms with E-state index in [-0.39, 0.29) is 0 Å². The fourth-order valence-electron chi connectivity index (χ4n) is 3.04. The van der Waals surface area contributed by atoms with Gasteiger partial charge in [-0.15, -0.1) is 0 Å². The van der Waals surface area contributed by atoms with Crippen LogP contribution in [0.2, 0.25) is 0 Å². The van der Waals surface area contributed by atoms with Gasteiger partial charge in [-0.25, -0.2) is 4.98 Å². The molecule has 0 bridgehead atoms. The van der Waals surface area contributed by atoms with E-state index in [9.17, 15) is 0 Å². The van der Waals surface area contributed by atoms with Gasteiger partial charge in [-0.1, -0.05) is 0 Å². The normalized spacial score (nSPS) is 14.8. The van der Waals surface area contributed by atoms with E-state index in [4.69, 9.17) is 10.6 Å². The lowest BCUT2D eigenvalue weighted by molar-refractivity contribution is 0.354. The number of methoxy groups -OCH3 is 1. The molecule has 2 aromatic rings. The Morgan fingerprint density at radius 1 is 1.26 bits per heavy atom. The molecule has 2 heterocycles. The summed E-state index contributed by atoms with van der Waals surface area (Å²) in [6, 6.07) is 7.64. The number of hydrogen-bond acceptors (Lipinski definition) is 8. The number of nitrogens with two attached hydrogens (primary N) is 1. The zero-order valence-corrected chi connectivity index (χ0v) is 15.9. The molecule has 0 amide bonds. The van der Waals surface area contributed by atoms with Crippen LogP contribution in [0.3, 0.4) is 0 Å². The lowest BCUT2D eigenvalue weighted by atomic mass is 10.1. The average molecular weight is 370 g/mol. The Hall–Kier alpha value is -3.07. The first kappa shape index (κ1) is 18.7. The van der Waals surface area contributed by atoms with Gasteiger partial charge >= 0.3 is 0 Å². The quantitative estimate of drug-likeness (QED) is 0.268. The van der Waals surface area contributed by atoms with E-state index in [1.54, 1.807) is 7.11 Å². The molecule has 1 aliphatic rings. The lowest BCUT2D eigenvalue weighted by Crippen LogP contribution is -2.47. The third-order valence-electron chi connectivity index (χ3n) is 4.35. The predicted molar refractivity (Wildman–Crippen MR) is 108 cm³/mol. The van der Waals surface area contributed by atoms with Crippen LogP contribution in [0.4, 0.5) is 17.5 Å². The first-order chi connectivity index (χ1) is 13.1. The molecule has 1 aromatic carbocycles. The fraction of sp³-hybridized carbons (Fsp3) is 0.389. The minimum absolute atomic E-state index is 0.517. The van der Waals surface area contributed by atoms with Crippen molar-refractivity contribution in [2.75, 3.05) is 51.0 Å². The van der Waals surface area contributed by atoms with Crippen LogP contribution in [0.15, 0.2) is 29.4 Å². The molecule has 9 heteroatoms. The van der Waals surface area contributed by atoms with Crippen molar-refractivity contribution in [3.63, 3.8) is 0 Å². The molecular weight excluding hydrogens is 344 g/mol. The summed E-state index contributed by atoms with van der Waals surface area (Å²) in [7, 11) is 3.47. The summed E-state index contributed by atoms with van der Waals surface area (Å²) in [6.07, 6.45) is 0. The molecular formula is C18H26N8O. The zero-order chi connectivity index (χ0) is 19.2. The summed E-state index contributed by atoms with van der Waals surface area (Å²) < 4.78 is 5.53. The second-order valence-electron chi connectivity index (χ2n) is 6.20. The van der Waals surface area contributed by atoms with Gasteiger partial charge < -0.3 is 31.4 Å². The molecule has 144 valence electrons.